The Morgan fingerprint density at radius 3 is 2.34 bits per heavy atom. The molecular formula is C25H20ClF2N3O4. The standard InChI is InChI=1S/C25H20ClF2N3O4/c26-16-2-8-20-21(13-16)31(18-5-3-17(4-6-18)29-9-11-35-12-10-29)25(34)30(20)14-15-1-7-19(27)22(23(15)28)24(32)33/h1-8,13H,9-12,14H2,(H,32,33). The number of morpholine rings is 1. The van der Waals surface area contributed by atoms with Crippen molar-refractivity contribution < 1.29 is 23.4 Å². The fraction of sp³-hybridized carbons (Fsp3) is 0.200. The summed E-state index contributed by atoms with van der Waals surface area (Å²) in [5.74, 6) is -4.11. The predicted molar refractivity (Wildman–Crippen MR) is 128 cm³/mol. The van der Waals surface area contributed by atoms with Gasteiger partial charge in [0.15, 0.2) is 0 Å². The highest BCUT2D eigenvalue weighted by Gasteiger charge is 2.22. The number of rotatable bonds is 5. The lowest BCUT2D eigenvalue weighted by Gasteiger charge is -2.28. The number of aromatic carboxylic acids is 1. The van der Waals surface area contributed by atoms with Crippen molar-refractivity contribution in [1.29, 1.82) is 0 Å². The molecule has 0 spiro atoms. The first-order valence-corrected chi connectivity index (χ1v) is 11.3. The molecule has 180 valence electrons. The fourth-order valence-electron chi connectivity index (χ4n) is 4.35. The van der Waals surface area contributed by atoms with Crippen LogP contribution in [-0.4, -0.2) is 46.5 Å². The van der Waals surface area contributed by atoms with Gasteiger partial charge in [0.05, 0.1) is 36.5 Å². The maximum atomic E-state index is 14.8. The monoisotopic (exact) mass is 499 g/mol. The predicted octanol–water partition coefficient (Wildman–Crippen LogP) is 4.31. The van der Waals surface area contributed by atoms with Crippen LogP contribution in [0.15, 0.2) is 59.4 Å². The van der Waals surface area contributed by atoms with Crippen LogP contribution in [0.5, 0.6) is 0 Å². The van der Waals surface area contributed by atoms with Gasteiger partial charge in [0.2, 0.25) is 0 Å². The molecule has 35 heavy (non-hydrogen) atoms. The van der Waals surface area contributed by atoms with E-state index in [1.165, 1.54) is 9.13 Å². The number of halogens is 3. The van der Waals surface area contributed by atoms with E-state index in [9.17, 15) is 23.5 Å². The van der Waals surface area contributed by atoms with E-state index in [-0.39, 0.29) is 12.1 Å². The molecule has 0 bridgehead atoms. The third kappa shape index (κ3) is 4.17. The number of carbonyl (C=O) groups is 1. The summed E-state index contributed by atoms with van der Waals surface area (Å²) in [7, 11) is 0. The summed E-state index contributed by atoms with van der Waals surface area (Å²) in [6.07, 6.45) is 0. The Morgan fingerprint density at radius 1 is 0.971 bits per heavy atom. The second-order valence-corrected chi connectivity index (χ2v) is 8.59. The first-order chi connectivity index (χ1) is 16.8. The van der Waals surface area contributed by atoms with Crippen LogP contribution in [-0.2, 0) is 11.3 Å². The van der Waals surface area contributed by atoms with Crippen molar-refractivity contribution in [2.24, 2.45) is 0 Å². The Hall–Kier alpha value is -3.69. The second-order valence-electron chi connectivity index (χ2n) is 8.15. The van der Waals surface area contributed by atoms with Crippen molar-refractivity contribution in [1.82, 2.24) is 9.13 Å². The lowest BCUT2D eigenvalue weighted by atomic mass is 10.1. The average molecular weight is 500 g/mol. The summed E-state index contributed by atoms with van der Waals surface area (Å²) in [5, 5.41) is 9.60. The summed E-state index contributed by atoms with van der Waals surface area (Å²) in [5.41, 5.74) is 0.913. The van der Waals surface area contributed by atoms with Crippen LogP contribution in [0.1, 0.15) is 15.9 Å². The Morgan fingerprint density at radius 2 is 1.66 bits per heavy atom. The third-order valence-corrected chi connectivity index (χ3v) is 6.32. The molecule has 3 aromatic carbocycles. The number of nitrogens with zero attached hydrogens (tertiary/aromatic N) is 3. The first kappa shape index (κ1) is 23.1. The van der Waals surface area contributed by atoms with Gasteiger partial charge in [-0.05, 0) is 48.5 Å². The van der Waals surface area contributed by atoms with Gasteiger partial charge in [-0.15, -0.1) is 0 Å². The number of imidazole rings is 1. The SMILES string of the molecule is O=C(O)c1c(F)ccc(Cn2c(=O)n(-c3ccc(N4CCOCC4)cc3)c3cc(Cl)ccc32)c1F. The van der Waals surface area contributed by atoms with Gasteiger partial charge < -0.3 is 14.7 Å². The number of fused-ring (bicyclic) bond motifs is 1. The molecule has 2 heterocycles. The smallest absolute Gasteiger partial charge is 0.341 e. The van der Waals surface area contributed by atoms with Crippen LogP contribution in [0, 0.1) is 11.6 Å². The molecule has 0 saturated carbocycles. The van der Waals surface area contributed by atoms with Crippen molar-refractivity contribution in [2.45, 2.75) is 6.54 Å². The van der Waals surface area contributed by atoms with Crippen molar-refractivity contribution in [3.63, 3.8) is 0 Å². The molecule has 4 aromatic rings. The van der Waals surface area contributed by atoms with E-state index in [1.807, 2.05) is 24.3 Å². The van der Waals surface area contributed by atoms with E-state index in [0.717, 1.165) is 30.9 Å². The number of hydrogen-bond donors (Lipinski definition) is 1. The lowest BCUT2D eigenvalue weighted by Crippen LogP contribution is -2.36. The molecule has 5 rings (SSSR count). The van der Waals surface area contributed by atoms with Crippen molar-refractivity contribution in [2.75, 3.05) is 31.2 Å². The van der Waals surface area contributed by atoms with Crippen LogP contribution in [0.4, 0.5) is 14.5 Å². The number of carboxylic acids is 1. The zero-order valence-electron chi connectivity index (χ0n) is 18.4. The molecule has 1 fully saturated rings. The van der Waals surface area contributed by atoms with E-state index in [4.69, 9.17) is 16.3 Å². The minimum absolute atomic E-state index is 0.123. The number of anilines is 1. The Balaban J connectivity index is 1.60. The fourth-order valence-corrected chi connectivity index (χ4v) is 4.52. The summed E-state index contributed by atoms with van der Waals surface area (Å²) in [4.78, 5) is 27.0. The number of aromatic nitrogens is 2. The van der Waals surface area contributed by atoms with E-state index in [0.29, 0.717) is 35.0 Å². The molecule has 7 nitrogen and oxygen atoms in total. The highest BCUT2D eigenvalue weighted by atomic mass is 35.5. The Kier molecular flexibility index (Phi) is 6.04. The summed E-state index contributed by atoms with van der Waals surface area (Å²) < 4.78 is 36.9. The summed E-state index contributed by atoms with van der Waals surface area (Å²) in [6, 6.07) is 14.4. The molecule has 1 aliphatic rings. The maximum Gasteiger partial charge on any atom is 0.341 e. The first-order valence-electron chi connectivity index (χ1n) is 10.9. The molecule has 0 radical (unpaired) electrons. The molecular weight excluding hydrogens is 480 g/mol. The van der Waals surface area contributed by atoms with E-state index in [1.54, 1.807) is 18.2 Å². The molecule has 1 saturated heterocycles. The zero-order valence-corrected chi connectivity index (χ0v) is 19.1. The van der Waals surface area contributed by atoms with Crippen molar-refractivity contribution in [3.05, 3.63) is 92.9 Å². The number of hydrogen-bond acceptors (Lipinski definition) is 4. The molecule has 1 aromatic heterocycles. The summed E-state index contributed by atoms with van der Waals surface area (Å²) >= 11 is 6.21. The van der Waals surface area contributed by atoms with Gasteiger partial charge >= 0.3 is 11.7 Å². The second kappa shape index (κ2) is 9.16. The zero-order chi connectivity index (χ0) is 24.7. The quantitative estimate of drug-likeness (QED) is 0.443. The van der Waals surface area contributed by atoms with Gasteiger partial charge in [0, 0.05) is 29.4 Å². The minimum Gasteiger partial charge on any atom is -0.477 e. The molecule has 0 atom stereocenters. The third-order valence-electron chi connectivity index (χ3n) is 6.09. The lowest BCUT2D eigenvalue weighted by molar-refractivity contribution is 0.0686. The van der Waals surface area contributed by atoms with Crippen molar-refractivity contribution >= 4 is 34.3 Å². The van der Waals surface area contributed by atoms with Gasteiger partial charge in [0.1, 0.15) is 17.2 Å². The molecule has 1 aliphatic heterocycles. The van der Waals surface area contributed by atoms with Crippen LogP contribution in [0.2, 0.25) is 5.02 Å². The van der Waals surface area contributed by atoms with Crippen LogP contribution in [0.25, 0.3) is 16.7 Å². The molecule has 10 heteroatoms. The summed E-state index contributed by atoms with van der Waals surface area (Å²) in [6.45, 7) is 2.56. The van der Waals surface area contributed by atoms with Gasteiger partial charge in [0.25, 0.3) is 0 Å². The van der Waals surface area contributed by atoms with Crippen LogP contribution in [0.3, 0.4) is 0 Å². The van der Waals surface area contributed by atoms with Gasteiger partial charge in [-0.2, -0.15) is 0 Å². The Bertz CT molecular complexity index is 1490. The highest BCUT2D eigenvalue weighted by molar-refractivity contribution is 6.31. The molecule has 0 amide bonds. The minimum atomic E-state index is -1.72. The normalized spacial score (nSPS) is 14.0. The molecule has 0 unspecified atom stereocenters. The van der Waals surface area contributed by atoms with Crippen LogP contribution < -0.4 is 10.6 Å². The largest absolute Gasteiger partial charge is 0.477 e. The van der Waals surface area contributed by atoms with Gasteiger partial charge in [-0.1, -0.05) is 17.7 Å². The number of ether oxygens (including phenoxy) is 1. The van der Waals surface area contributed by atoms with Crippen molar-refractivity contribution in [3.8, 4) is 5.69 Å². The maximum absolute atomic E-state index is 14.8. The van der Waals surface area contributed by atoms with Crippen LogP contribution >= 0.6 is 11.6 Å². The molecule has 1 N–H and O–H groups in total. The molecule has 0 aliphatic carbocycles. The number of benzene rings is 3. The number of carboxylic acid groups (broad SMARTS) is 1. The Labute approximate surface area is 203 Å². The van der Waals surface area contributed by atoms with Gasteiger partial charge in [-0.3, -0.25) is 9.13 Å². The van der Waals surface area contributed by atoms with E-state index < -0.39 is 28.9 Å². The van der Waals surface area contributed by atoms with Gasteiger partial charge in [-0.25, -0.2) is 18.4 Å². The average Bonchev–Trinajstić information content (AvgIpc) is 3.11. The highest BCUT2D eigenvalue weighted by Crippen LogP contribution is 2.25. The topological polar surface area (TPSA) is 76.7 Å². The van der Waals surface area contributed by atoms with E-state index >= 15 is 0 Å². The van der Waals surface area contributed by atoms with E-state index in [2.05, 4.69) is 4.90 Å².